The summed E-state index contributed by atoms with van der Waals surface area (Å²) in [6, 6.07) is 62.4. The van der Waals surface area contributed by atoms with E-state index in [0.717, 1.165) is 34.4 Å². The van der Waals surface area contributed by atoms with Gasteiger partial charge in [-0.15, -0.1) is 0 Å². The van der Waals surface area contributed by atoms with Crippen LogP contribution in [0.2, 0.25) is 0 Å². The third kappa shape index (κ3) is 7.15. The molecule has 4 aliphatic carbocycles. The minimum absolute atomic E-state index is 0.102. The van der Waals surface area contributed by atoms with Gasteiger partial charge in [-0.3, -0.25) is 0 Å². The summed E-state index contributed by atoms with van der Waals surface area (Å²) < 4.78 is 21.6. The van der Waals surface area contributed by atoms with Crippen molar-refractivity contribution in [1.82, 2.24) is 9.13 Å². The van der Waals surface area contributed by atoms with Gasteiger partial charge in [0.05, 0.1) is 22.4 Å². The van der Waals surface area contributed by atoms with Gasteiger partial charge in [0.15, 0.2) is 0 Å². The number of ether oxygens (including phenoxy) is 2. The van der Waals surface area contributed by atoms with Crippen LogP contribution in [0, 0.1) is 0 Å². The summed E-state index contributed by atoms with van der Waals surface area (Å²) in [5, 5.41) is 5.58. The van der Waals surface area contributed by atoms with Crippen LogP contribution in [-0.4, -0.2) is 22.6 Å². The molecular formula is C78H70B2N2O2. The van der Waals surface area contributed by atoms with Crippen LogP contribution in [0.3, 0.4) is 0 Å². The second-order valence-electron chi connectivity index (χ2n) is 27.1. The Morgan fingerprint density at radius 1 is 0.310 bits per heavy atom. The fourth-order valence-corrected chi connectivity index (χ4v) is 18.5. The van der Waals surface area contributed by atoms with Crippen LogP contribution in [0.1, 0.15) is 174 Å². The van der Waals surface area contributed by atoms with Crippen LogP contribution < -0.4 is 42.3 Å². The molecule has 0 atom stereocenters. The van der Waals surface area contributed by atoms with Gasteiger partial charge >= 0.3 is 0 Å². The molecule has 11 aromatic rings. The second-order valence-corrected chi connectivity index (χ2v) is 27.1. The lowest BCUT2D eigenvalue weighted by Crippen LogP contribution is -2.63. The van der Waals surface area contributed by atoms with E-state index in [1.54, 1.807) is 0 Å². The van der Waals surface area contributed by atoms with Crippen molar-refractivity contribution in [3.63, 3.8) is 0 Å². The largest absolute Gasteiger partial charge is 0.456 e. The molecule has 0 spiro atoms. The minimum atomic E-state index is -0.102. The summed E-state index contributed by atoms with van der Waals surface area (Å²) in [5.74, 6) is 6.17. The van der Waals surface area contributed by atoms with Gasteiger partial charge in [0, 0.05) is 43.5 Å². The lowest BCUT2D eigenvalue weighted by Gasteiger charge is -2.41. The standard InChI is InChI=1S/C78H70B2N2O2/c1-7-19-47(20-8-1)53-33-37-67-59(39-53)61-41-57(51-27-15-5-16-28-51)43-65-73(61)81(67)75-71-78(84-69-45-55(31-35-63(69)79(65)71)49-23-11-3-12-24-49)76-72-77(75)83-70-46-56(50-25-13-4-14-26-50)32-36-64(70)80(72)66-44-58(52-29-17-6-18-30-52)42-62-60-40-54(48-21-9-2-10-22-48)34-38-68(60)82(76)74(62)66/h3-4,11-14,23-26,31-48,51-52H,1-2,5-10,15-22,27-30H2. The fourth-order valence-electron chi connectivity index (χ4n) is 18.5. The van der Waals surface area contributed by atoms with E-state index in [9.17, 15) is 0 Å². The molecule has 410 valence electrons. The third-order valence-corrected chi connectivity index (χ3v) is 22.5. The Morgan fingerprint density at radius 2 is 0.679 bits per heavy atom. The maximum absolute atomic E-state index is 8.08. The zero-order valence-corrected chi connectivity index (χ0v) is 48.3. The normalized spacial score (nSPS) is 18.4. The maximum Gasteiger partial charge on any atom is 0.256 e. The molecule has 4 nitrogen and oxygen atoms in total. The van der Waals surface area contributed by atoms with Crippen LogP contribution in [0.4, 0.5) is 0 Å². The van der Waals surface area contributed by atoms with Gasteiger partial charge in [-0.25, -0.2) is 0 Å². The number of nitrogens with zero attached hydrogens (tertiary/aromatic N) is 2. The van der Waals surface area contributed by atoms with Crippen molar-refractivity contribution >= 4 is 89.8 Å². The van der Waals surface area contributed by atoms with Crippen molar-refractivity contribution in [1.29, 1.82) is 0 Å². The molecule has 0 amide bonds. The summed E-state index contributed by atoms with van der Waals surface area (Å²) in [5.41, 5.74) is 26.2. The number of aromatic nitrogens is 2. The van der Waals surface area contributed by atoms with E-state index >= 15 is 0 Å². The summed E-state index contributed by atoms with van der Waals surface area (Å²) in [6.07, 6.45) is 26.0. The van der Waals surface area contributed by atoms with Crippen LogP contribution in [0.15, 0.2) is 158 Å². The van der Waals surface area contributed by atoms with E-state index in [-0.39, 0.29) is 13.4 Å². The monoisotopic (exact) mass is 1090 g/mol. The molecule has 6 heterocycles. The number of hydrogen-bond donors (Lipinski definition) is 0. The molecule has 9 aromatic carbocycles. The highest BCUT2D eigenvalue weighted by molar-refractivity contribution is 7.02. The zero-order valence-electron chi connectivity index (χ0n) is 48.3. The Bertz CT molecular complexity index is 4260. The molecular weight excluding hydrogens is 1020 g/mol. The molecule has 2 aromatic heterocycles. The van der Waals surface area contributed by atoms with Gasteiger partial charge in [0.1, 0.15) is 23.0 Å². The van der Waals surface area contributed by atoms with Gasteiger partial charge in [-0.1, -0.05) is 186 Å². The highest BCUT2D eigenvalue weighted by atomic mass is 16.5. The molecule has 84 heavy (non-hydrogen) atoms. The van der Waals surface area contributed by atoms with E-state index in [1.165, 1.54) is 249 Å². The molecule has 6 heteroatoms. The van der Waals surface area contributed by atoms with Crippen molar-refractivity contribution in [3.05, 3.63) is 180 Å². The molecule has 0 saturated heterocycles. The highest BCUT2D eigenvalue weighted by Crippen LogP contribution is 2.51. The molecule has 4 fully saturated rings. The Hall–Kier alpha value is -7.69. The quantitative estimate of drug-likeness (QED) is 0.155. The van der Waals surface area contributed by atoms with Gasteiger partial charge in [0.2, 0.25) is 0 Å². The van der Waals surface area contributed by atoms with E-state index in [0.29, 0.717) is 23.7 Å². The Morgan fingerprint density at radius 3 is 1.07 bits per heavy atom. The van der Waals surface area contributed by atoms with Crippen molar-refractivity contribution in [2.75, 3.05) is 0 Å². The van der Waals surface area contributed by atoms with E-state index < -0.39 is 0 Å². The first-order valence-corrected chi connectivity index (χ1v) is 32.9. The van der Waals surface area contributed by atoms with Crippen molar-refractivity contribution < 1.29 is 9.47 Å². The maximum atomic E-state index is 8.08. The summed E-state index contributed by atoms with van der Waals surface area (Å²) in [4.78, 5) is 0. The smallest absolute Gasteiger partial charge is 0.256 e. The zero-order chi connectivity index (χ0) is 54.7. The van der Waals surface area contributed by atoms with Crippen molar-refractivity contribution in [3.8, 4) is 56.6 Å². The lowest BCUT2D eigenvalue weighted by molar-refractivity contribution is 0.444. The fraction of sp³-hybridized carbons (Fsp3) is 0.308. The average molecular weight is 1090 g/mol. The van der Waals surface area contributed by atoms with Gasteiger partial charge < -0.3 is 18.6 Å². The van der Waals surface area contributed by atoms with E-state index in [2.05, 4.69) is 167 Å². The van der Waals surface area contributed by atoms with Gasteiger partial charge in [0.25, 0.3) is 13.4 Å². The highest BCUT2D eigenvalue weighted by Gasteiger charge is 2.51. The minimum Gasteiger partial charge on any atom is -0.456 e. The van der Waals surface area contributed by atoms with Crippen LogP contribution in [0.25, 0.3) is 77.2 Å². The molecule has 0 bridgehead atoms. The molecule has 4 saturated carbocycles. The number of rotatable bonds is 6. The molecule has 0 N–H and O–H groups in total. The van der Waals surface area contributed by atoms with Gasteiger partial charge in [-0.2, -0.15) is 0 Å². The molecule has 0 unspecified atom stereocenters. The first kappa shape index (κ1) is 48.7. The SMILES string of the molecule is c1ccc(-c2ccc3c(c2)Oc2c4c(c5c6c2-n2c7ccc(C8CCCCC8)cc7c7cc(C8CCCCC8)cc(c72)B6c2ccc(-c6ccccc6)cc2O5)-n2c5ccc(C6CCCCC6)cc5c5cc(C6CCCCC6)cc(c52)B34)cc1. The predicted octanol–water partition coefficient (Wildman–Crippen LogP) is 17.3. The van der Waals surface area contributed by atoms with Crippen LogP contribution >= 0.6 is 0 Å². The summed E-state index contributed by atoms with van der Waals surface area (Å²) >= 11 is 0. The number of benzene rings is 9. The Labute approximate surface area is 494 Å². The van der Waals surface area contributed by atoms with E-state index in [4.69, 9.17) is 9.47 Å². The van der Waals surface area contributed by atoms with E-state index in [1.807, 2.05) is 0 Å². The van der Waals surface area contributed by atoms with Crippen molar-refractivity contribution in [2.45, 2.75) is 152 Å². The number of hydrogen-bond acceptors (Lipinski definition) is 2. The Kier molecular flexibility index (Phi) is 11.0. The first-order chi connectivity index (χ1) is 41.7. The average Bonchev–Trinajstić information content (AvgIpc) is 1.40. The Balaban J connectivity index is 0.971. The van der Waals surface area contributed by atoms with Crippen LogP contribution in [0.5, 0.6) is 23.0 Å². The predicted molar refractivity (Wildman–Crippen MR) is 352 cm³/mol. The van der Waals surface area contributed by atoms with Crippen molar-refractivity contribution in [2.24, 2.45) is 0 Å². The second kappa shape index (κ2) is 18.9. The third-order valence-electron chi connectivity index (χ3n) is 22.5. The first-order valence-electron chi connectivity index (χ1n) is 32.9. The lowest BCUT2D eigenvalue weighted by atomic mass is 9.31. The summed E-state index contributed by atoms with van der Waals surface area (Å²) in [6.45, 7) is -0.203. The van der Waals surface area contributed by atoms with Crippen LogP contribution in [-0.2, 0) is 0 Å². The molecule has 4 aliphatic heterocycles. The molecule has 0 radical (unpaired) electrons. The van der Waals surface area contributed by atoms with Gasteiger partial charge in [-0.05, 0) is 190 Å². The topological polar surface area (TPSA) is 28.3 Å². The number of fused-ring (bicyclic) bond motifs is 16. The molecule has 8 aliphatic rings. The summed E-state index contributed by atoms with van der Waals surface area (Å²) in [7, 11) is 0. The molecule has 19 rings (SSSR count).